The van der Waals surface area contributed by atoms with Crippen LogP contribution in [-0.4, -0.2) is 162 Å². The summed E-state index contributed by atoms with van der Waals surface area (Å²) in [5, 5.41) is 0. The Hall–Kier alpha value is -1.09. The molecule has 0 N–H and O–H groups in total. The lowest BCUT2D eigenvalue weighted by atomic mass is 10.2. The predicted molar refractivity (Wildman–Crippen MR) is 182 cm³/mol. The van der Waals surface area contributed by atoms with Gasteiger partial charge in [-0.15, -0.1) is 0 Å². The predicted octanol–water partition coefficient (Wildman–Crippen LogP) is 2.72. The summed E-state index contributed by atoms with van der Waals surface area (Å²) < 4.78 is 89.3. The molecule has 282 valence electrons. The molecule has 0 saturated carbocycles. The highest BCUT2D eigenvalue weighted by Gasteiger charge is 2.14. The van der Waals surface area contributed by atoms with Crippen LogP contribution < -0.4 is 0 Å². The first-order chi connectivity index (χ1) is 23.2. The minimum atomic E-state index is -3.77. The van der Waals surface area contributed by atoms with Crippen molar-refractivity contribution in [3.8, 4) is 0 Å². The molecule has 0 atom stereocenters. The van der Waals surface area contributed by atoms with E-state index >= 15 is 0 Å². The van der Waals surface area contributed by atoms with Crippen molar-refractivity contribution in [1.29, 1.82) is 0 Å². The minimum absolute atomic E-state index is 0.0589. The van der Waals surface area contributed by atoms with E-state index < -0.39 is 18.4 Å². The third-order valence-electron chi connectivity index (χ3n) is 5.89. The second-order valence-corrected chi connectivity index (χ2v) is 17.3. The van der Waals surface area contributed by atoms with Crippen molar-refractivity contribution in [3.05, 3.63) is 29.8 Å². The molecule has 14 nitrogen and oxygen atoms in total. The highest BCUT2D eigenvalue weighted by molar-refractivity contribution is 7.86. The third-order valence-corrected chi connectivity index (χ3v) is 8.28. The van der Waals surface area contributed by atoms with Crippen molar-refractivity contribution in [2.75, 3.05) is 145 Å². The van der Waals surface area contributed by atoms with Crippen LogP contribution in [0.3, 0.4) is 0 Å². The van der Waals surface area contributed by atoms with Gasteiger partial charge in [-0.25, -0.2) is 0 Å². The number of hydrogen-bond donors (Lipinski definition) is 0. The molecule has 1 rings (SSSR count). The van der Waals surface area contributed by atoms with E-state index in [2.05, 4.69) is 19.6 Å². The third kappa shape index (κ3) is 29.8. The highest BCUT2D eigenvalue weighted by atomic mass is 32.2. The van der Waals surface area contributed by atoms with E-state index in [1.165, 1.54) is 12.1 Å². The number of aryl methyl sites for hydroxylation is 1. The average molecular weight is 729 g/mol. The van der Waals surface area contributed by atoms with Crippen LogP contribution in [-0.2, 0) is 66.1 Å². The second kappa shape index (κ2) is 30.7. The van der Waals surface area contributed by atoms with E-state index in [4.69, 9.17) is 56.0 Å². The zero-order valence-electron chi connectivity index (χ0n) is 29.5. The van der Waals surface area contributed by atoms with E-state index in [9.17, 15) is 8.42 Å². The first-order valence-electron chi connectivity index (χ1n) is 16.6. The Morgan fingerprint density at radius 2 is 0.667 bits per heavy atom. The van der Waals surface area contributed by atoms with Gasteiger partial charge in [-0.05, 0) is 38.7 Å². The standard InChI is InChI=1S/C32H60O14SSi/c1-31-5-7-32(8-6-31)47(33,34)45-29-27-43-25-23-41-21-19-39-17-15-37-13-11-35-9-10-36-12-14-38-16-18-40-20-22-42-24-26-44-28-30-46-48(2,3)4/h5-8H,9-30H2,1-4H3. The van der Waals surface area contributed by atoms with E-state index in [-0.39, 0.29) is 18.1 Å². The maximum atomic E-state index is 12.1. The maximum absolute atomic E-state index is 12.1. The molecule has 0 aliphatic heterocycles. The Balaban J connectivity index is 1.68. The Morgan fingerprint density at radius 1 is 0.417 bits per heavy atom. The van der Waals surface area contributed by atoms with Crippen LogP contribution in [0.15, 0.2) is 29.2 Å². The Kier molecular flexibility index (Phi) is 28.7. The SMILES string of the molecule is Cc1ccc(S(=O)(=O)OCCOCCOCCOCCOCCOCCOCCOCCOCCOCCOCCO[Si](C)(C)C)cc1. The van der Waals surface area contributed by atoms with Crippen LogP contribution in [0, 0.1) is 6.92 Å². The van der Waals surface area contributed by atoms with E-state index in [0.29, 0.717) is 132 Å². The Morgan fingerprint density at radius 3 is 0.938 bits per heavy atom. The van der Waals surface area contributed by atoms with Gasteiger partial charge >= 0.3 is 0 Å². The van der Waals surface area contributed by atoms with E-state index in [0.717, 1.165) is 5.56 Å². The normalized spacial score (nSPS) is 12.2. The van der Waals surface area contributed by atoms with Gasteiger partial charge in [0.15, 0.2) is 8.32 Å². The van der Waals surface area contributed by atoms with Crippen molar-refractivity contribution in [2.45, 2.75) is 31.5 Å². The van der Waals surface area contributed by atoms with Crippen LogP contribution in [0.4, 0.5) is 0 Å². The topological polar surface area (TPSA) is 145 Å². The molecule has 0 spiro atoms. The largest absolute Gasteiger partial charge is 0.415 e. The molecule has 0 amide bonds. The molecule has 0 radical (unpaired) electrons. The van der Waals surface area contributed by atoms with Gasteiger partial charge in [0.1, 0.15) is 0 Å². The number of benzene rings is 1. The molecule has 0 unspecified atom stereocenters. The first-order valence-corrected chi connectivity index (χ1v) is 21.4. The van der Waals surface area contributed by atoms with E-state index in [1.54, 1.807) is 12.1 Å². The molecule has 48 heavy (non-hydrogen) atoms. The lowest BCUT2D eigenvalue weighted by molar-refractivity contribution is -0.0270. The van der Waals surface area contributed by atoms with Gasteiger partial charge in [0.25, 0.3) is 10.1 Å². The molecule has 1 aromatic carbocycles. The Labute approximate surface area is 289 Å². The highest BCUT2D eigenvalue weighted by Crippen LogP contribution is 2.13. The monoisotopic (exact) mass is 728 g/mol. The molecular weight excluding hydrogens is 668 g/mol. The van der Waals surface area contributed by atoms with Crippen molar-refractivity contribution in [2.24, 2.45) is 0 Å². The molecule has 1 aromatic rings. The summed E-state index contributed by atoms with van der Waals surface area (Å²) in [6.45, 7) is 18.3. The van der Waals surface area contributed by atoms with Gasteiger partial charge in [0.05, 0.1) is 150 Å². The zero-order chi connectivity index (χ0) is 35.0. The minimum Gasteiger partial charge on any atom is -0.415 e. The molecule has 0 aliphatic carbocycles. The van der Waals surface area contributed by atoms with Gasteiger partial charge in [-0.3, -0.25) is 4.18 Å². The summed E-state index contributed by atoms with van der Waals surface area (Å²) in [6.07, 6.45) is 0. The van der Waals surface area contributed by atoms with Crippen molar-refractivity contribution < 1.29 is 64.4 Å². The molecule has 0 aromatic heterocycles. The van der Waals surface area contributed by atoms with Crippen LogP contribution in [0.5, 0.6) is 0 Å². The second-order valence-electron chi connectivity index (χ2n) is 11.2. The van der Waals surface area contributed by atoms with Crippen molar-refractivity contribution >= 4 is 18.4 Å². The molecule has 0 aliphatic rings. The van der Waals surface area contributed by atoms with Crippen molar-refractivity contribution in [1.82, 2.24) is 0 Å². The van der Waals surface area contributed by atoms with Gasteiger partial charge in [-0.1, -0.05) is 17.7 Å². The quantitative estimate of drug-likeness (QED) is 0.0567. The van der Waals surface area contributed by atoms with E-state index in [1.807, 2.05) is 6.92 Å². The van der Waals surface area contributed by atoms with Crippen LogP contribution in [0.2, 0.25) is 19.6 Å². The fraction of sp³-hybridized carbons (Fsp3) is 0.812. The first kappa shape index (κ1) is 44.9. The lowest BCUT2D eigenvalue weighted by Crippen LogP contribution is -2.27. The molecule has 0 heterocycles. The maximum Gasteiger partial charge on any atom is 0.297 e. The smallest absolute Gasteiger partial charge is 0.297 e. The van der Waals surface area contributed by atoms with Crippen LogP contribution >= 0.6 is 0 Å². The summed E-state index contributed by atoms with van der Waals surface area (Å²) in [5.74, 6) is 0. The number of ether oxygens (including phenoxy) is 10. The summed E-state index contributed by atoms with van der Waals surface area (Å²) in [4.78, 5) is 0.128. The van der Waals surface area contributed by atoms with Gasteiger partial charge < -0.3 is 51.8 Å². The fourth-order valence-corrected chi connectivity index (χ4v) is 5.05. The molecule has 0 fully saturated rings. The Bertz CT molecular complexity index is 947. The molecule has 16 heteroatoms. The van der Waals surface area contributed by atoms with Gasteiger partial charge in [0.2, 0.25) is 0 Å². The molecular formula is C32H60O14SSi. The summed E-state index contributed by atoms with van der Waals surface area (Å²) in [7, 11) is -5.23. The number of rotatable bonds is 36. The molecule has 0 bridgehead atoms. The molecule has 0 saturated heterocycles. The summed E-state index contributed by atoms with van der Waals surface area (Å²) in [6, 6.07) is 6.48. The lowest BCUT2D eigenvalue weighted by Gasteiger charge is -2.16. The van der Waals surface area contributed by atoms with Crippen LogP contribution in [0.1, 0.15) is 5.56 Å². The summed E-state index contributed by atoms with van der Waals surface area (Å²) >= 11 is 0. The van der Waals surface area contributed by atoms with Crippen LogP contribution in [0.25, 0.3) is 0 Å². The summed E-state index contributed by atoms with van der Waals surface area (Å²) in [5.41, 5.74) is 0.975. The average Bonchev–Trinajstić information content (AvgIpc) is 3.04. The van der Waals surface area contributed by atoms with Gasteiger partial charge in [-0.2, -0.15) is 8.42 Å². The fourth-order valence-electron chi connectivity index (χ4n) is 3.46. The van der Waals surface area contributed by atoms with Gasteiger partial charge in [0, 0.05) is 0 Å². The van der Waals surface area contributed by atoms with Crippen molar-refractivity contribution in [3.63, 3.8) is 0 Å². The number of hydrogen-bond acceptors (Lipinski definition) is 14. The zero-order valence-corrected chi connectivity index (χ0v) is 31.3.